The molecule has 0 spiro atoms. The number of esters is 1. The van der Waals surface area contributed by atoms with Crippen LogP contribution in [0, 0.1) is 0 Å². The lowest BCUT2D eigenvalue weighted by Crippen LogP contribution is -2.06. The van der Waals surface area contributed by atoms with Crippen LogP contribution in [0.1, 0.15) is 17.4 Å². The largest absolute Gasteiger partial charge is 0.480 e. The lowest BCUT2D eigenvalue weighted by atomic mass is 10.2. The van der Waals surface area contributed by atoms with Crippen molar-refractivity contribution in [3.05, 3.63) is 30.2 Å². The van der Waals surface area contributed by atoms with Gasteiger partial charge in [-0.2, -0.15) is 4.98 Å². The van der Waals surface area contributed by atoms with Crippen LogP contribution in [0.15, 0.2) is 24.5 Å². The minimum Gasteiger partial charge on any atom is -0.480 e. The van der Waals surface area contributed by atoms with Crippen molar-refractivity contribution in [2.24, 2.45) is 0 Å². The van der Waals surface area contributed by atoms with Gasteiger partial charge in [-0.15, -0.1) is 0 Å². The summed E-state index contributed by atoms with van der Waals surface area (Å²) in [5.41, 5.74) is 1.19. The Hall–Kier alpha value is -2.70. The molecule has 0 saturated carbocycles. The van der Waals surface area contributed by atoms with E-state index in [0.29, 0.717) is 29.6 Å². The zero-order chi connectivity index (χ0) is 15.2. The molecule has 2 heterocycles. The topological polar surface area (TPSA) is 83.4 Å². The summed E-state index contributed by atoms with van der Waals surface area (Å²) in [6, 6.07) is 3.45. The molecule has 0 aliphatic carbocycles. The second kappa shape index (κ2) is 6.65. The zero-order valence-corrected chi connectivity index (χ0v) is 12.0. The fourth-order valence-corrected chi connectivity index (χ4v) is 1.70. The maximum atomic E-state index is 11.5. The molecule has 0 N–H and O–H groups in total. The van der Waals surface area contributed by atoms with Crippen molar-refractivity contribution in [3.8, 4) is 23.0 Å². The molecule has 0 unspecified atom stereocenters. The number of hydrogen-bond donors (Lipinski definition) is 0. The van der Waals surface area contributed by atoms with Crippen molar-refractivity contribution in [3.63, 3.8) is 0 Å². The number of hydrogen-bond acceptors (Lipinski definition) is 7. The van der Waals surface area contributed by atoms with Gasteiger partial charge in [-0.25, -0.2) is 9.78 Å². The highest BCUT2D eigenvalue weighted by atomic mass is 16.5. The Labute approximate surface area is 121 Å². The van der Waals surface area contributed by atoms with Gasteiger partial charge < -0.3 is 14.2 Å². The van der Waals surface area contributed by atoms with E-state index in [-0.39, 0.29) is 5.69 Å². The molecule has 2 aromatic heterocycles. The average molecular weight is 289 g/mol. The van der Waals surface area contributed by atoms with Crippen LogP contribution in [-0.2, 0) is 4.74 Å². The van der Waals surface area contributed by atoms with Gasteiger partial charge in [0.05, 0.1) is 44.5 Å². The van der Waals surface area contributed by atoms with Gasteiger partial charge in [-0.05, 0) is 13.0 Å². The fraction of sp³-hybridized carbons (Fsp3) is 0.286. The average Bonchev–Trinajstić information content (AvgIpc) is 2.54. The third-order valence-corrected chi connectivity index (χ3v) is 2.63. The van der Waals surface area contributed by atoms with Crippen LogP contribution in [0.25, 0.3) is 11.3 Å². The van der Waals surface area contributed by atoms with E-state index in [0.717, 1.165) is 0 Å². The Balaban J connectivity index is 2.43. The minimum absolute atomic E-state index is 0.117. The quantitative estimate of drug-likeness (QED) is 0.775. The maximum absolute atomic E-state index is 11.5. The summed E-state index contributed by atoms with van der Waals surface area (Å²) in [6.45, 7) is 2.38. The van der Waals surface area contributed by atoms with Gasteiger partial charge in [0.15, 0.2) is 5.69 Å². The number of ether oxygens (including phenoxy) is 3. The van der Waals surface area contributed by atoms with E-state index >= 15 is 0 Å². The summed E-state index contributed by atoms with van der Waals surface area (Å²) in [6.07, 6.45) is 2.86. The normalized spacial score (nSPS) is 10.0. The molecular weight excluding hydrogens is 274 g/mol. The first-order chi connectivity index (χ1) is 10.2. The minimum atomic E-state index is -0.554. The van der Waals surface area contributed by atoms with E-state index in [2.05, 4.69) is 19.7 Å². The summed E-state index contributed by atoms with van der Waals surface area (Å²) in [7, 11) is 2.79. The predicted octanol–water partition coefficient (Wildman–Crippen LogP) is 1.73. The molecule has 2 rings (SSSR count). The van der Waals surface area contributed by atoms with Crippen molar-refractivity contribution in [2.75, 3.05) is 20.8 Å². The maximum Gasteiger partial charge on any atom is 0.358 e. The summed E-state index contributed by atoms with van der Waals surface area (Å²) in [4.78, 5) is 23.9. The van der Waals surface area contributed by atoms with E-state index in [4.69, 9.17) is 9.47 Å². The number of pyridine rings is 1. The highest BCUT2D eigenvalue weighted by Crippen LogP contribution is 2.28. The van der Waals surface area contributed by atoms with Crippen molar-refractivity contribution < 1.29 is 19.0 Å². The van der Waals surface area contributed by atoms with Crippen molar-refractivity contribution in [1.82, 2.24) is 15.0 Å². The van der Waals surface area contributed by atoms with Crippen LogP contribution in [0.4, 0.5) is 0 Å². The van der Waals surface area contributed by atoms with Crippen molar-refractivity contribution >= 4 is 5.97 Å². The van der Waals surface area contributed by atoms with Crippen molar-refractivity contribution in [1.29, 1.82) is 0 Å². The van der Waals surface area contributed by atoms with E-state index in [1.54, 1.807) is 12.1 Å². The molecule has 7 heteroatoms. The Morgan fingerprint density at radius 2 is 2.00 bits per heavy atom. The second-order valence-electron chi connectivity index (χ2n) is 3.92. The Kier molecular flexibility index (Phi) is 4.65. The first-order valence-corrected chi connectivity index (χ1v) is 6.28. The van der Waals surface area contributed by atoms with Crippen LogP contribution in [0.5, 0.6) is 11.8 Å². The molecule has 21 heavy (non-hydrogen) atoms. The molecule has 0 bridgehead atoms. The predicted molar refractivity (Wildman–Crippen MR) is 74.3 cm³/mol. The van der Waals surface area contributed by atoms with Gasteiger partial charge in [0, 0.05) is 6.07 Å². The number of aromatic nitrogens is 3. The summed E-state index contributed by atoms with van der Waals surface area (Å²) < 4.78 is 15.2. The monoisotopic (exact) mass is 289 g/mol. The second-order valence-corrected chi connectivity index (χ2v) is 3.92. The molecular formula is C14H15N3O4. The van der Waals surface area contributed by atoms with Gasteiger partial charge in [-0.3, -0.25) is 4.98 Å². The van der Waals surface area contributed by atoms with E-state index < -0.39 is 5.97 Å². The molecule has 0 amide bonds. The molecule has 0 aliphatic rings. The summed E-state index contributed by atoms with van der Waals surface area (Å²) in [5.74, 6) is 0.245. The highest BCUT2D eigenvalue weighted by Gasteiger charge is 2.14. The number of nitrogens with zero attached hydrogens (tertiary/aromatic N) is 3. The molecule has 110 valence electrons. The van der Waals surface area contributed by atoms with Gasteiger partial charge >= 0.3 is 5.97 Å². The van der Waals surface area contributed by atoms with Crippen LogP contribution in [0.3, 0.4) is 0 Å². The molecule has 0 radical (unpaired) electrons. The molecule has 0 atom stereocenters. The Morgan fingerprint density at radius 1 is 1.19 bits per heavy atom. The van der Waals surface area contributed by atoms with E-state index in [1.807, 2.05) is 6.92 Å². The zero-order valence-electron chi connectivity index (χ0n) is 12.0. The summed E-state index contributed by atoms with van der Waals surface area (Å²) in [5, 5.41) is 0. The first-order valence-electron chi connectivity index (χ1n) is 6.28. The molecule has 2 aromatic rings. The van der Waals surface area contributed by atoms with Gasteiger partial charge in [0.2, 0.25) is 11.8 Å². The molecule has 0 aromatic carbocycles. The lowest BCUT2D eigenvalue weighted by molar-refractivity contribution is 0.0593. The van der Waals surface area contributed by atoms with E-state index in [1.165, 1.54) is 26.6 Å². The molecule has 7 nitrogen and oxygen atoms in total. The number of carbonyl (C=O) groups excluding carboxylic acids is 1. The summed E-state index contributed by atoms with van der Waals surface area (Å²) >= 11 is 0. The highest BCUT2D eigenvalue weighted by molar-refractivity contribution is 5.87. The third-order valence-electron chi connectivity index (χ3n) is 2.63. The Morgan fingerprint density at radius 3 is 2.67 bits per heavy atom. The molecule has 0 saturated heterocycles. The van der Waals surface area contributed by atoms with E-state index in [9.17, 15) is 4.79 Å². The lowest BCUT2D eigenvalue weighted by Gasteiger charge is -2.09. The van der Waals surface area contributed by atoms with Gasteiger partial charge in [0.25, 0.3) is 0 Å². The fourth-order valence-electron chi connectivity index (χ4n) is 1.70. The van der Waals surface area contributed by atoms with Crippen molar-refractivity contribution in [2.45, 2.75) is 6.92 Å². The standard InChI is InChI=1S/C14H15N3O4/c1-4-21-12-6-5-9(13(17-12)19-2)10-7-15-8-11(16-10)14(18)20-3/h5-8H,4H2,1-3H3. The molecule has 0 aliphatic heterocycles. The molecule has 0 fully saturated rings. The number of carbonyl (C=O) groups is 1. The van der Waals surface area contributed by atoms with Crippen LogP contribution in [0.2, 0.25) is 0 Å². The first kappa shape index (κ1) is 14.7. The van der Waals surface area contributed by atoms with Crippen LogP contribution >= 0.6 is 0 Å². The SMILES string of the molecule is CCOc1ccc(-c2cncc(C(=O)OC)n2)c(OC)n1. The number of methoxy groups -OCH3 is 2. The van der Waals surface area contributed by atoms with Crippen LogP contribution in [-0.4, -0.2) is 41.7 Å². The smallest absolute Gasteiger partial charge is 0.358 e. The number of rotatable bonds is 5. The third kappa shape index (κ3) is 3.25. The van der Waals surface area contributed by atoms with Gasteiger partial charge in [0.1, 0.15) is 0 Å². The van der Waals surface area contributed by atoms with Crippen LogP contribution < -0.4 is 9.47 Å². The Bertz CT molecular complexity index is 646. The van der Waals surface area contributed by atoms with Gasteiger partial charge in [-0.1, -0.05) is 0 Å².